The molecular weight excluding hydrogens is 234 g/mol. The first-order chi connectivity index (χ1) is 9.26. The van der Waals surface area contributed by atoms with Gasteiger partial charge >= 0.3 is 0 Å². The van der Waals surface area contributed by atoms with Gasteiger partial charge in [-0.25, -0.2) is 0 Å². The van der Waals surface area contributed by atoms with Crippen molar-refractivity contribution >= 4 is 5.91 Å². The Morgan fingerprint density at radius 1 is 1.05 bits per heavy atom. The Bertz CT molecular complexity index is 298. The third kappa shape index (κ3) is 4.09. The van der Waals surface area contributed by atoms with E-state index < -0.39 is 0 Å². The van der Waals surface area contributed by atoms with Crippen molar-refractivity contribution in [1.29, 1.82) is 0 Å². The Kier molecular flexibility index (Phi) is 5.47. The quantitative estimate of drug-likeness (QED) is 0.677. The molecule has 0 aromatic heterocycles. The summed E-state index contributed by atoms with van der Waals surface area (Å²) in [5.74, 6) is 0.384. The standard InChI is InChI=1S/C17H29NO/c1-2-17(11-5-3-6-12-17)13-9-10-16(19)18-14-7-4-8-15-18/h2H,1,3-15H2. The summed E-state index contributed by atoms with van der Waals surface area (Å²) in [5.41, 5.74) is 0.348. The molecule has 0 aromatic rings. The van der Waals surface area contributed by atoms with Gasteiger partial charge in [0.2, 0.25) is 5.91 Å². The minimum atomic E-state index is 0.348. The molecule has 2 fully saturated rings. The monoisotopic (exact) mass is 263 g/mol. The summed E-state index contributed by atoms with van der Waals surface area (Å²) in [7, 11) is 0. The van der Waals surface area contributed by atoms with Crippen molar-refractivity contribution in [2.24, 2.45) is 5.41 Å². The van der Waals surface area contributed by atoms with Gasteiger partial charge in [-0.3, -0.25) is 4.79 Å². The second-order valence-electron chi connectivity index (χ2n) is 6.42. The Morgan fingerprint density at radius 3 is 2.32 bits per heavy atom. The van der Waals surface area contributed by atoms with E-state index in [1.807, 2.05) is 0 Å². The van der Waals surface area contributed by atoms with Crippen LogP contribution in [0.3, 0.4) is 0 Å². The highest BCUT2D eigenvalue weighted by Crippen LogP contribution is 2.41. The highest BCUT2D eigenvalue weighted by atomic mass is 16.2. The van der Waals surface area contributed by atoms with Gasteiger partial charge in [-0.15, -0.1) is 6.58 Å². The van der Waals surface area contributed by atoms with Crippen LogP contribution < -0.4 is 0 Å². The molecule has 0 unspecified atom stereocenters. The second kappa shape index (κ2) is 7.12. The predicted molar refractivity (Wildman–Crippen MR) is 80.0 cm³/mol. The molecule has 19 heavy (non-hydrogen) atoms. The van der Waals surface area contributed by atoms with Crippen molar-refractivity contribution in [2.45, 2.75) is 70.6 Å². The smallest absolute Gasteiger partial charge is 0.222 e. The van der Waals surface area contributed by atoms with Crippen LogP contribution in [0.5, 0.6) is 0 Å². The number of rotatable bonds is 5. The van der Waals surface area contributed by atoms with E-state index in [9.17, 15) is 4.79 Å². The molecule has 0 aromatic carbocycles. The van der Waals surface area contributed by atoms with E-state index in [0.29, 0.717) is 11.3 Å². The lowest BCUT2D eigenvalue weighted by Crippen LogP contribution is -2.35. The van der Waals surface area contributed by atoms with Crippen LogP contribution >= 0.6 is 0 Å². The van der Waals surface area contributed by atoms with E-state index in [1.54, 1.807) is 0 Å². The Labute approximate surface area is 118 Å². The minimum absolute atomic E-state index is 0.348. The topological polar surface area (TPSA) is 20.3 Å². The van der Waals surface area contributed by atoms with Crippen LogP contribution in [0.25, 0.3) is 0 Å². The minimum Gasteiger partial charge on any atom is -0.343 e. The molecule has 1 aliphatic heterocycles. The molecule has 2 nitrogen and oxygen atoms in total. The van der Waals surface area contributed by atoms with Gasteiger partial charge in [0.25, 0.3) is 0 Å². The number of hydrogen-bond donors (Lipinski definition) is 0. The first-order valence-corrected chi connectivity index (χ1v) is 8.17. The number of likely N-dealkylation sites (tertiary alicyclic amines) is 1. The normalized spacial score (nSPS) is 23.1. The van der Waals surface area contributed by atoms with Crippen molar-refractivity contribution in [2.75, 3.05) is 13.1 Å². The molecule has 0 atom stereocenters. The lowest BCUT2D eigenvalue weighted by atomic mass is 9.71. The molecule has 1 aliphatic carbocycles. The van der Waals surface area contributed by atoms with Crippen molar-refractivity contribution < 1.29 is 4.79 Å². The fraction of sp³-hybridized carbons (Fsp3) is 0.824. The summed E-state index contributed by atoms with van der Waals surface area (Å²) in [5, 5.41) is 0. The van der Waals surface area contributed by atoms with E-state index in [4.69, 9.17) is 0 Å². The third-order valence-electron chi connectivity index (χ3n) is 5.06. The zero-order valence-corrected chi connectivity index (χ0v) is 12.3. The number of allylic oxidation sites excluding steroid dienone is 1. The lowest BCUT2D eigenvalue weighted by Gasteiger charge is -2.35. The fourth-order valence-corrected chi connectivity index (χ4v) is 3.71. The van der Waals surface area contributed by atoms with Crippen LogP contribution in [-0.4, -0.2) is 23.9 Å². The molecular formula is C17H29NO. The Morgan fingerprint density at radius 2 is 1.68 bits per heavy atom. The Balaban J connectivity index is 1.72. The maximum absolute atomic E-state index is 12.1. The van der Waals surface area contributed by atoms with E-state index >= 15 is 0 Å². The first kappa shape index (κ1) is 14.6. The lowest BCUT2D eigenvalue weighted by molar-refractivity contribution is -0.132. The molecule has 1 heterocycles. The number of amides is 1. The molecule has 1 amide bonds. The van der Waals surface area contributed by atoms with Crippen LogP contribution in [0.2, 0.25) is 0 Å². The van der Waals surface area contributed by atoms with Crippen LogP contribution in [0.4, 0.5) is 0 Å². The Hall–Kier alpha value is -0.790. The number of piperidine rings is 1. The van der Waals surface area contributed by atoms with Gasteiger partial charge < -0.3 is 4.90 Å². The summed E-state index contributed by atoms with van der Waals surface area (Å²) in [6, 6.07) is 0. The van der Waals surface area contributed by atoms with Crippen molar-refractivity contribution in [3.8, 4) is 0 Å². The van der Waals surface area contributed by atoms with Crippen molar-refractivity contribution in [1.82, 2.24) is 4.90 Å². The second-order valence-corrected chi connectivity index (χ2v) is 6.42. The molecule has 1 saturated heterocycles. The van der Waals surface area contributed by atoms with Crippen molar-refractivity contribution in [3.63, 3.8) is 0 Å². The molecule has 0 radical (unpaired) electrons. The molecule has 0 bridgehead atoms. The average Bonchev–Trinajstić information content (AvgIpc) is 2.49. The maximum Gasteiger partial charge on any atom is 0.222 e. The average molecular weight is 263 g/mol. The first-order valence-electron chi connectivity index (χ1n) is 8.17. The predicted octanol–water partition coefficient (Wildman–Crippen LogP) is 4.31. The van der Waals surface area contributed by atoms with Gasteiger partial charge in [-0.05, 0) is 50.4 Å². The SMILES string of the molecule is C=CC1(CCCC(=O)N2CCCCC2)CCCCC1. The molecule has 2 aliphatic rings. The maximum atomic E-state index is 12.1. The van der Waals surface area contributed by atoms with Gasteiger partial charge in [0.05, 0.1) is 0 Å². The molecule has 2 rings (SSSR count). The third-order valence-corrected chi connectivity index (χ3v) is 5.06. The van der Waals surface area contributed by atoms with E-state index in [1.165, 1.54) is 51.4 Å². The number of nitrogens with zero attached hydrogens (tertiary/aromatic N) is 1. The number of carbonyl (C=O) groups is 1. The number of hydrogen-bond acceptors (Lipinski definition) is 1. The van der Waals surface area contributed by atoms with Gasteiger partial charge in [0, 0.05) is 19.5 Å². The van der Waals surface area contributed by atoms with Crippen LogP contribution in [0, 0.1) is 5.41 Å². The highest BCUT2D eigenvalue weighted by molar-refractivity contribution is 5.76. The van der Waals surface area contributed by atoms with E-state index in [0.717, 1.165) is 32.4 Å². The van der Waals surface area contributed by atoms with E-state index in [-0.39, 0.29) is 0 Å². The molecule has 108 valence electrons. The zero-order valence-electron chi connectivity index (χ0n) is 12.3. The fourth-order valence-electron chi connectivity index (χ4n) is 3.71. The summed E-state index contributed by atoms with van der Waals surface area (Å²) in [6.07, 6.45) is 15.4. The van der Waals surface area contributed by atoms with Gasteiger partial charge in [0.1, 0.15) is 0 Å². The molecule has 1 saturated carbocycles. The van der Waals surface area contributed by atoms with Gasteiger partial charge in [-0.1, -0.05) is 25.3 Å². The zero-order chi connectivity index (χ0) is 13.6. The summed E-state index contributed by atoms with van der Waals surface area (Å²) >= 11 is 0. The molecule has 0 N–H and O–H groups in total. The summed E-state index contributed by atoms with van der Waals surface area (Å²) in [4.78, 5) is 14.2. The molecule has 2 heteroatoms. The summed E-state index contributed by atoms with van der Waals surface area (Å²) < 4.78 is 0. The van der Waals surface area contributed by atoms with Crippen molar-refractivity contribution in [3.05, 3.63) is 12.7 Å². The largest absolute Gasteiger partial charge is 0.343 e. The van der Waals surface area contributed by atoms with Gasteiger partial charge in [0.15, 0.2) is 0 Å². The van der Waals surface area contributed by atoms with Crippen LogP contribution in [0.1, 0.15) is 70.6 Å². The number of carbonyl (C=O) groups excluding carboxylic acids is 1. The summed E-state index contributed by atoms with van der Waals surface area (Å²) in [6.45, 7) is 6.03. The molecule has 0 spiro atoms. The van der Waals surface area contributed by atoms with Gasteiger partial charge in [-0.2, -0.15) is 0 Å². The highest BCUT2D eigenvalue weighted by Gasteiger charge is 2.28. The van der Waals surface area contributed by atoms with E-state index in [2.05, 4.69) is 17.6 Å². The van der Waals surface area contributed by atoms with Crippen LogP contribution in [0.15, 0.2) is 12.7 Å². The van der Waals surface area contributed by atoms with Crippen LogP contribution in [-0.2, 0) is 4.79 Å².